The first-order valence-corrected chi connectivity index (χ1v) is 10.2. The number of hydrogen-bond acceptors (Lipinski definition) is 5. The predicted octanol–water partition coefficient (Wildman–Crippen LogP) is 3.00. The molecule has 0 aliphatic heterocycles. The van der Waals surface area contributed by atoms with E-state index in [0.717, 1.165) is 22.5 Å². The van der Waals surface area contributed by atoms with Gasteiger partial charge in [-0.3, -0.25) is 9.69 Å². The van der Waals surface area contributed by atoms with Gasteiger partial charge in [0.15, 0.2) is 0 Å². The average molecular weight is 425 g/mol. The van der Waals surface area contributed by atoms with Crippen LogP contribution in [0.1, 0.15) is 20.8 Å². The highest BCUT2D eigenvalue weighted by Gasteiger charge is 2.16. The Morgan fingerprint density at radius 2 is 1.60 bits per heavy atom. The predicted molar refractivity (Wildman–Crippen MR) is 119 cm³/mol. The number of aliphatic hydroxyl groups excluding tert-OH is 1. The number of nitrogens with two attached hydrogens (primary N) is 2. The normalized spacial score (nSPS) is 10.9. The number of nitrogens with one attached hydrogen (secondary N) is 1. The summed E-state index contributed by atoms with van der Waals surface area (Å²) in [6, 6.07) is 19.0. The van der Waals surface area contributed by atoms with Crippen molar-refractivity contribution in [3.05, 3.63) is 76.7 Å². The van der Waals surface area contributed by atoms with Crippen LogP contribution in [0, 0.1) is 0 Å². The van der Waals surface area contributed by atoms with E-state index >= 15 is 0 Å². The van der Waals surface area contributed by atoms with Gasteiger partial charge in [-0.15, -0.1) is 11.3 Å². The van der Waals surface area contributed by atoms with E-state index in [-0.39, 0.29) is 11.5 Å². The molecule has 3 aromatic rings. The van der Waals surface area contributed by atoms with Gasteiger partial charge in [-0.1, -0.05) is 54.6 Å². The second-order valence-corrected chi connectivity index (χ2v) is 7.88. The lowest BCUT2D eigenvalue weighted by Crippen LogP contribution is -2.26. The molecule has 0 aliphatic rings. The summed E-state index contributed by atoms with van der Waals surface area (Å²) in [6.45, 7) is 2.11. The zero-order valence-corrected chi connectivity index (χ0v) is 17.2. The van der Waals surface area contributed by atoms with E-state index in [2.05, 4.69) is 22.3 Å². The highest BCUT2D eigenvalue weighted by atomic mass is 32.1. The van der Waals surface area contributed by atoms with Crippen LogP contribution in [-0.4, -0.2) is 35.1 Å². The topological polar surface area (TPSA) is 122 Å². The zero-order chi connectivity index (χ0) is 21.5. The first-order valence-electron chi connectivity index (χ1n) is 9.43. The first kappa shape index (κ1) is 21.5. The van der Waals surface area contributed by atoms with Gasteiger partial charge in [0.25, 0.3) is 5.91 Å². The maximum atomic E-state index is 11.6. The number of primary amides is 2. The number of thiophene rings is 1. The molecule has 156 valence electrons. The lowest BCUT2D eigenvalue weighted by Gasteiger charge is -2.21. The molecule has 0 saturated carbocycles. The summed E-state index contributed by atoms with van der Waals surface area (Å²) in [5, 5.41) is 11.8. The lowest BCUT2D eigenvalue weighted by molar-refractivity contribution is 0.100. The van der Waals surface area contributed by atoms with Crippen molar-refractivity contribution in [1.29, 1.82) is 0 Å². The molecule has 30 heavy (non-hydrogen) atoms. The highest BCUT2D eigenvalue weighted by Crippen LogP contribution is 2.34. The summed E-state index contributed by atoms with van der Waals surface area (Å²) in [7, 11) is 0. The van der Waals surface area contributed by atoms with Gasteiger partial charge < -0.3 is 21.9 Å². The Bertz CT molecular complexity index is 1000. The van der Waals surface area contributed by atoms with Crippen LogP contribution in [0.2, 0.25) is 0 Å². The van der Waals surface area contributed by atoms with Crippen molar-refractivity contribution in [3.63, 3.8) is 0 Å². The third-order valence-electron chi connectivity index (χ3n) is 4.52. The van der Waals surface area contributed by atoms with E-state index in [4.69, 9.17) is 11.5 Å². The molecule has 8 heteroatoms. The van der Waals surface area contributed by atoms with Gasteiger partial charge in [-0.25, -0.2) is 4.79 Å². The number of anilines is 1. The molecule has 0 radical (unpaired) electrons. The molecule has 0 saturated heterocycles. The van der Waals surface area contributed by atoms with E-state index in [1.165, 1.54) is 16.9 Å². The molecule has 2 aromatic carbocycles. The molecule has 0 unspecified atom stereocenters. The standard InChI is InChI=1S/C22H24N4O3S/c23-21(28)20-18(25-22(24)29)12-19(30-20)17-8-6-16(7-9-17)14-26(10-11-27)13-15-4-2-1-3-5-15/h1-9,12,27H,10-11,13-14H2,(H2,23,28)(H3,24,25,29). The minimum absolute atomic E-state index is 0.0889. The second-order valence-electron chi connectivity index (χ2n) is 6.82. The van der Waals surface area contributed by atoms with Crippen molar-refractivity contribution in [2.75, 3.05) is 18.5 Å². The number of carbonyl (C=O) groups is 2. The minimum Gasteiger partial charge on any atom is -0.395 e. The van der Waals surface area contributed by atoms with E-state index in [1.54, 1.807) is 6.07 Å². The number of urea groups is 1. The molecule has 3 rings (SSSR count). The maximum Gasteiger partial charge on any atom is 0.316 e. The monoisotopic (exact) mass is 424 g/mol. The minimum atomic E-state index is -0.750. The summed E-state index contributed by atoms with van der Waals surface area (Å²) in [5.74, 6) is -0.618. The summed E-state index contributed by atoms with van der Waals surface area (Å²) in [6.07, 6.45) is 0. The number of carbonyl (C=O) groups excluding carboxylic acids is 2. The Hall–Kier alpha value is -3.20. The van der Waals surface area contributed by atoms with Gasteiger partial charge in [-0.05, 0) is 22.8 Å². The summed E-state index contributed by atoms with van der Waals surface area (Å²) in [5.41, 5.74) is 14.1. The molecule has 0 aliphatic carbocycles. The first-order chi connectivity index (χ1) is 14.5. The third-order valence-corrected chi connectivity index (χ3v) is 5.72. The van der Waals surface area contributed by atoms with Crippen molar-refractivity contribution >= 4 is 29.0 Å². The summed E-state index contributed by atoms with van der Waals surface area (Å²) >= 11 is 1.20. The highest BCUT2D eigenvalue weighted by molar-refractivity contribution is 7.18. The Morgan fingerprint density at radius 1 is 0.967 bits per heavy atom. The van der Waals surface area contributed by atoms with Gasteiger partial charge in [0.2, 0.25) is 0 Å². The van der Waals surface area contributed by atoms with Crippen LogP contribution in [0.15, 0.2) is 60.7 Å². The zero-order valence-electron chi connectivity index (χ0n) is 16.4. The van der Waals surface area contributed by atoms with E-state index < -0.39 is 11.9 Å². The maximum absolute atomic E-state index is 11.6. The summed E-state index contributed by atoms with van der Waals surface area (Å²) in [4.78, 5) is 26.0. The molecule has 1 aromatic heterocycles. The van der Waals surface area contributed by atoms with E-state index in [1.807, 2.05) is 42.5 Å². The Kier molecular flexibility index (Phi) is 7.18. The van der Waals surface area contributed by atoms with Gasteiger partial charge in [0, 0.05) is 24.5 Å². The molecule has 3 amide bonds. The van der Waals surface area contributed by atoms with Crippen LogP contribution in [0.25, 0.3) is 10.4 Å². The van der Waals surface area contributed by atoms with Crippen molar-refractivity contribution < 1.29 is 14.7 Å². The number of rotatable bonds is 9. The molecular formula is C22H24N4O3S. The molecule has 0 spiro atoms. The Balaban J connectivity index is 1.75. The van der Waals surface area contributed by atoms with Crippen molar-refractivity contribution in [1.82, 2.24) is 4.90 Å². The number of benzene rings is 2. The Labute approximate surface area is 178 Å². The van der Waals surface area contributed by atoms with E-state index in [0.29, 0.717) is 18.8 Å². The van der Waals surface area contributed by atoms with Crippen LogP contribution >= 0.6 is 11.3 Å². The number of nitrogens with zero attached hydrogens (tertiary/aromatic N) is 1. The number of hydrogen-bond donors (Lipinski definition) is 4. The van der Waals surface area contributed by atoms with Gasteiger partial charge in [-0.2, -0.15) is 0 Å². The average Bonchev–Trinajstić information content (AvgIpc) is 3.13. The fourth-order valence-corrected chi connectivity index (χ4v) is 4.14. The second kappa shape index (κ2) is 10.0. The van der Waals surface area contributed by atoms with Crippen LogP contribution < -0.4 is 16.8 Å². The summed E-state index contributed by atoms with van der Waals surface area (Å²) < 4.78 is 0. The number of amides is 3. The van der Waals surface area contributed by atoms with Crippen molar-refractivity contribution in [2.24, 2.45) is 11.5 Å². The molecular weight excluding hydrogens is 400 g/mol. The van der Waals surface area contributed by atoms with Gasteiger partial charge in [0.1, 0.15) is 4.88 Å². The van der Waals surface area contributed by atoms with Crippen LogP contribution in [0.4, 0.5) is 10.5 Å². The van der Waals surface area contributed by atoms with Crippen molar-refractivity contribution in [2.45, 2.75) is 13.1 Å². The van der Waals surface area contributed by atoms with Crippen LogP contribution in [-0.2, 0) is 13.1 Å². The number of aliphatic hydroxyl groups is 1. The Morgan fingerprint density at radius 3 is 2.17 bits per heavy atom. The van der Waals surface area contributed by atoms with Gasteiger partial charge in [0.05, 0.1) is 12.3 Å². The van der Waals surface area contributed by atoms with E-state index in [9.17, 15) is 14.7 Å². The molecule has 0 atom stereocenters. The largest absolute Gasteiger partial charge is 0.395 e. The molecule has 0 fully saturated rings. The van der Waals surface area contributed by atoms with Crippen LogP contribution in [0.5, 0.6) is 0 Å². The third kappa shape index (κ3) is 5.66. The van der Waals surface area contributed by atoms with Crippen LogP contribution in [0.3, 0.4) is 0 Å². The molecule has 1 heterocycles. The fourth-order valence-electron chi connectivity index (χ4n) is 3.17. The van der Waals surface area contributed by atoms with Crippen molar-refractivity contribution in [3.8, 4) is 10.4 Å². The molecule has 6 N–H and O–H groups in total. The van der Waals surface area contributed by atoms with Gasteiger partial charge >= 0.3 is 6.03 Å². The smallest absolute Gasteiger partial charge is 0.316 e. The molecule has 7 nitrogen and oxygen atoms in total. The quantitative estimate of drug-likeness (QED) is 0.422. The molecule has 0 bridgehead atoms. The fraction of sp³-hybridized carbons (Fsp3) is 0.182. The lowest BCUT2D eigenvalue weighted by atomic mass is 10.1. The SMILES string of the molecule is NC(=O)Nc1cc(-c2ccc(CN(CCO)Cc3ccccc3)cc2)sc1C(N)=O.